The number of rotatable bonds is 7. The average molecular weight is 674 g/mol. The van der Waals surface area contributed by atoms with Crippen LogP contribution >= 0.6 is 63.7 Å². The van der Waals surface area contributed by atoms with Crippen molar-refractivity contribution in [2.75, 3.05) is 6.61 Å². The van der Waals surface area contributed by atoms with E-state index in [2.05, 4.69) is 69.0 Å². The van der Waals surface area contributed by atoms with Crippen LogP contribution in [0.4, 0.5) is 5.69 Å². The number of carbonyl (C=O) groups is 2. The molecule has 3 N–H and O–H groups in total. The van der Waals surface area contributed by atoms with Gasteiger partial charge in [0.2, 0.25) is 0 Å². The number of carbonyl (C=O) groups excluding carboxylic acids is 1. The maximum Gasteiger partial charge on any atom is 0.337 e. The number of amides is 1. The van der Waals surface area contributed by atoms with Crippen molar-refractivity contribution in [1.82, 2.24) is 5.32 Å². The molecule has 0 saturated carbocycles. The predicted molar refractivity (Wildman–Crippen MR) is 124 cm³/mol. The molecule has 0 radical (unpaired) electrons. The number of hydrogen-bond donors (Lipinski definition) is 3. The van der Waals surface area contributed by atoms with Crippen molar-refractivity contribution < 1.29 is 24.7 Å². The predicted octanol–water partition coefficient (Wildman–Crippen LogP) is 5.24. The van der Waals surface area contributed by atoms with Crippen molar-refractivity contribution in [2.45, 2.75) is 18.9 Å². The summed E-state index contributed by atoms with van der Waals surface area (Å²) in [4.78, 5) is 35.1. The third kappa shape index (κ3) is 5.10. The van der Waals surface area contributed by atoms with Gasteiger partial charge in [-0.1, -0.05) is 19.1 Å². The molecule has 2 rings (SSSR count). The minimum absolute atomic E-state index is 0.0740. The number of nitro benzene ring substituents is 1. The van der Waals surface area contributed by atoms with Crippen LogP contribution in [0.2, 0.25) is 0 Å². The van der Waals surface area contributed by atoms with E-state index in [-0.39, 0.29) is 25.8 Å². The summed E-state index contributed by atoms with van der Waals surface area (Å²) < 4.78 is 1.26. The van der Waals surface area contributed by atoms with Crippen molar-refractivity contribution >= 4 is 81.3 Å². The Bertz CT molecular complexity index is 1010. The molecule has 1 amide bonds. The standard InChI is InChI=1S/C18H14Br4N2O6/c1-7(8-2-4-9(5-3-8)24(29)30)10(6-25)23-17(26)11-12(18(27)28)14(20)16(22)15(21)13(11)19/h2-5,7,10,25H,6H2,1H3,(H,23,26)(H,27,28)/t7-,10?/m1/s1. The SMILES string of the molecule is C[C@H](c1ccc([N+](=O)[O-])cc1)C(CO)NC(=O)c1c(Br)c(Br)c(Br)c(Br)c1C(=O)O. The number of non-ortho nitro benzene ring substituents is 1. The van der Waals surface area contributed by atoms with Crippen LogP contribution in [0, 0.1) is 10.1 Å². The third-order valence-corrected chi connectivity index (χ3v) is 9.22. The van der Waals surface area contributed by atoms with Crippen LogP contribution in [0.5, 0.6) is 0 Å². The van der Waals surface area contributed by atoms with E-state index in [1.54, 1.807) is 19.1 Å². The van der Waals surface area contributed by atoms with E-state index in [0.29, 0.717) is 14.5 Å². The van der Waals surface area contributed by atoms with E-state index in [4.69, 9.17) is 0 Å². The van der Waals surface area contributed by atoms with Gasteiger partial charge in [0, 0.05) is 35.9 Å². The number of aliphatic hydroxyl groups excluding tert-OH is 1. The Kier molecular flexibility index (Phi) is 8.57. The van der Waals surface area contributed by atoms with E-state index in [0.717, 1.165) is 0 Å². The van der Waals surface area contributed by atoms with Crippen LogP contribution < -0.4 is 5.32 Å². The van der Waals surface area contributed by atoms with Crippen molar-refractivity contribution in [3.8, 4) is 0 Å². The zero-order valence-electron chi connectivity index (χ0n) is 15.2. The molecule has 2 aromatic rings. The zero-order valence-corrected chi connectivity index (χ0v) is 21.5. The van der Waals surface area contributed by atoms with Crippen LogP contribution in [0.1, 0.15) is 39.1 Å². The Labute approximate surface area is 204 Å². The van der Waals surface area contributed by atoms with Gasteiger partial charge in [-0.25, -0.2) is 4.79 Å². The van der Waals surface area contributed by atoms with Gasteiger partial charge in [0.05, 0.1) is 28.7 Å². The van der Waals surface area contributed by atoms with E-state index in [1.807, 2.05) is 0 Å². The van der Waals surface area contributed by atoms with Gasteiger partial charge in [-0.2, -0.15) is 0 Å². The Morgan fingerprint density at radius 2 is 1.53 bits per heavy atom. The molecular formula is C18H14Br4N2O6. The molecular weight excluding hydrogens is 660 g/mol. The van der Waals surface area contributed by atoms with Crippen LogP contribution in [0.15, 0.2) is 42.2 Å². The lowest BCUT2D eigenvalue weighted by atomic mass is 9.93. The second-order valence-corrected chi connectivity index (χ2v) is 9.38. The van der Waals surface area contributed by atoms with Gasteiger partial charge in [0.15, 0.2) is 0 Å². The van der Waals surface area contributed by atoms with E-state index >= 15 is 0 Å². The molecule has 160 valence electrons. The molecule has 0 aliphatic carbocycles. The Hall–Kier alpha value is -1.34. The molecule has 0 bridgehead atoms. The smallest absolute Gasteiger partial charge is 0.337 e. The molecule has 30 heavy (non-hydrogen) atoms. The summed E-state index contributed by atoms with van der Waals surface area (Å²) in [6.45, 7) is 1.31. The van der Waals surface area contributed by atoms with Gasteiger partial charge in [-0.05, 0) is 69.3 Å². The third-order valence-electron chi connectivity index (χ3n) is 4.45. The number of nitro groups is 1. The first-order valence-electron chi connectivity index (χ1n) is 8.26. The summed E-state index contributed by atoms with van der Waals surface area (Å²) in [6.07, 6.45) is 0. The van der Waals surface area contributed by atoms with Gasteiger partial charge in [-0.3, -0.25) is 14.9 Å². The van der Waals surface area contributed by atoms with Crippen molar-refractivity contribution in [3.63, 3.8) is 0 Å². The number of halogens is 4. The summed E-state index contributed by atoms with van der Waals surface area (Å²) in [5.41, 5.74) is 0.207. The molecule has 0 aliphatic rings. The summed E-state index contributed by atoms with van der Waals surface area (Å²) >= 11 is 13.0. The summed E-state index contributed by atoms with van der Waals surface area (Å²) in [5.74, 6) is -2.43. The molecule has 12 heteroatoms. The van der Waals surface area contributed by atoms with Gasteiger partial charge in [-0.15, -0.1) is 0 Å². The first kappa shape index (κ1) is 24.9. The number of aromatic carboxylic acids is 1. The topological polar surface area (TPSA) is 130 Å². The highest BCUT2D eigenvalue weighted by Gasteiger charge is 2.30. The van der Waals surface area contributed by atoms with Crippen LogP contribution in [-0.4, -0.2) is 39.7 Å². The minimum atomic E-state index is -1.31. The fourth-order valence-electron chi connectivity index (χ4n) is 2.75. The quantitative estimate of drug-likeness (QED) is 0.160. The number of nitrogens with one attached hydrogen (secondary N) is 1. The summed E-state index contributed by atoms with van der Waals surface area (Å²) in [6, 6.07) is 4.99. The van der Waals surface area contributed by atoms with Crippen LogP contribution in [0.3, 0.4) is 0 Å². The fraction of sp³-hybridized carbons (Fsp3) is 0.222. The highest BCUT2D eigenvalue weighted by atomic mass is 79.9. The molecule has 0 spiro atoms. The molecule has 0 heterocycles. The highest BCUT2D eigenvalue weighted by molar-refractivity contribution is 9.15. The van der Waals surface area contributed by atoms with E-state index in [9.17, 15) is 29.9 Å². The van der Waals surface area contributed by atoms with Crippen molar-refractivity contribution in [3.05, 3.63) is 69.0 Å². The zero-order chi connectivity index (χ0) is 22.7. The number of carboxylic acids is 1. The number of hydrogen-bond acceptors (Lipinski definition) is 5. The van der Waals surface area contributed by atoms with Gasteiger partial charge < -0.3 is 15.5 Å². The van der Waals surface area contributed by atoms with Crippen molar-refractivity contribution in [2.24, 2.45) is 0 Å². The van der Waals surface area contributed by atoms with E-state index < -0.39 is 35.4 Å². The van der Waals surface area contributed by atoms with Crippen molar-refractivity contribution in [1.29, 1.82) is 0 Å². The Morgan fingerprint density at radius 1 is 1.03 bits per heavy atom. The van der Waals surface area contributed by atoms with Gasteiger partial charge in [0.25, 0.3) is 11.6 Å². The molecule has 1 unspecified atom stereocenters. The highest BCUT2D eigenvalue weighted by Crippen LogP contribution is 2.42. The second-order valence-electron chi connectivity index (χ2n) is 6.21. The minimum Gasteiger partial charge on any atom is -0.478 e. The summed E-state index contributed by atoms with van der Waals surface area (Å²) in [7, 11) is 0. The summed E-state index contributed by atoms with van der Waals surface area (Å²) in [5, 5.41) is 32.9. The number of benzene rings is 2. The van der Waals surface area contributed by atoms with E-state index in [1.165, 1.54) is 12.1 Å². The Morgan fingerprint density at radius 3 is 1.97 bits per heavy atom. The van der Waals surface area contributed by atoms with Crippen LogP contribution in [-0.2, 0) is 0 Å². The fourth-order valence-corrected chi connectivity index (χ4v) is 5.21. The van der Waals surface area contributed by atoms with Gasteiger partial charge in [0.1, 0.15) is 0 Å². The average Bonchev–Trinajstić information content (AvgIpc) is 2.71. The molecule has 0 aromatic heterocycles. The first-order chi connectivity index (χ1) is 14.0. The largest absolute Gasteiger partial charge is 0.478 e. The molecule has 8 nitrogen and oxygen atoms in total. The molecule has 0 aliphatic heterocycles. The number of carboxylic acid groups (broad SMARTS) is 1. The molecule has 2 aromatic carbocycles. The monoisotopic (exact) mass is 670 g/mol. The normalized spacial score (nSPS) is 12.9. The lowest BCUT2D eigenvalue weighted by Gasteiger charge is -2.25. The molecule has 0 saturated heterocycles. The molecule has 2 atom stereocenters. The lowest BCUT2D eigenvalue weighted by molar-refractivity contribution is -0.384. The second kappa shape index (κ2) is 10.3. The lowest BCUT2D eigenvalue weighted by Crippen LogP contribution is -2.41. The number of aliphatic hydroxyl groups is 1. The molecule has 0 fully saturated rings. The Balaban J connectivity index is 2.40. The first-order valence-corrected chi connectivity index (χ1v) is 11.4. The number of nitrogens with zero attached hydrogens (tertiary/aromatic N) is 1. The maximum atomic E-state index is 13.0. The maximum absolute atomic E-state index is 13.0. The van der Waals surface area contributed by atoms with Crippen LogP contribution in [0.25, 0.3) is 0 Å². The van der Waals surface area contributed by atoms with Gasteiger partial charge >= 0.3 is 5.97 Å².